The minimum atomic E-state index is -0.851. The molecule has 1 amide bonds. The summed E-state index contributed by atoms with van der Waals surface area (Å²) in [5.41, 5.74) is -0.101. The highest BCUT2D eigenvalue weighted by molar-refractivity contribution is 7.99. The molecular formula is C22H17ClF2N4O3S. The summed E-state index contributed by atoms with van der Waals surface area (Å²) in [4.78, 5) is 12.3. The van der Waals surface area contributed by atoms with E-state index in [0.717, 1.165) is 17.8 Å². The van der Waals surface area contributed by atoms with E-state index in [-0.39, 0.29) is 18.0 Å². The fourth-order valence-electron chi connectivity index (χ4n) is 2.84. The van der Waals surface area contributed by atoms with Crippen LogP contribution in [0.5, 0.6) is 5.75 Å². The summed E-state index contributed by atoms with van der Waals surface area (Å²) in [5.74, 6) is -0.310. The minimum absolute atomic E-state index is 0.0643. The van der Waals surface area contributed by atoms with Crippen LogP contribution in [-0.4, -0.2) is 26.4 Å². The number of nitrogens with zero attached hydrogens (tertiary/aromatic N) is 3. The summed E-state index contributed by atoms with van der Waals surface area (Å²) >= 11 is 7.01. The van der Waals surface area contributed by atoms with E-state index in [1.54, 1.807) is 41.2 Å². The van der Waals surface area contributed by atoms with Crippen LogP contribution >= 0.6 is 23.4 Å². The van der Waals surface area contributed by atoms with Crippen molar-refractivity contribution in [3.63, 3.8) is 0 Å². The number of carbonyl (C=O) groups is 1. The Labute approximate surface area is 196 Å². The molecule has 0 fully saturated rings. The number of hydrogen-bond acceptors (Lipinski definition) is 6. The molecule has 4 rings (SSSR count). The molecule has 0 aliphatic rings. The zero-order chi connectivity index (χ0) is 23.2. The van der Waals surface area contributed by atoms with Gasteiger partial charge in [-0.3, -0.25) is 9.36 Å². The van der Waals surface area contributed by atoms with E-state index in [4.69, 9.17) is 20.8 Å². The van der Waals surface area contributed by atoms with Gasteiger partial charge in [0, 0.05) is 11.1 Å². The summed E-state index contributed by atoms with van der Waals surface area (Å²) in [6.07, 6.45) is 1.56. The molecule has 2 aromatic heterocycles. The van der Waals surface area contributed by atoms with Crippen molar-refractivity contribution in [3.8, 4) is 5.75 Å². The highest BCUT2D eigenvalue weighted by atomic mass is 35.5. The number of halogens is 3. The van der Waals surface area contributed by atoms with Gasteiger partial charge in [0.2, 0.25) is 5.91 Å². The molecule has 7 nitrogen and oxygen atoms in total. The molecule has 1 N–H and O–H groups in total. The smallest absolute Gasteiger partial charge is 0.234 e. The van der Waals surface area contributed by atoms with Crippen LogP contribution in [0.4, 0.5) is 14.5 Å². The fourth-order valence-corrected chi connectivity index (χ4v) is 3.72. The summed E-state index contributed by atoms with van der Waals surface area (Å²) < 4.78 is 39.8. The van der Waals surface area contributed by atoms with Crippen molar-refractivity contribution in [2.24, 2.45) is 0 Å². The lowest BCUT2D eigenvalue weighted by Gasteiger charge is -2.10. The molecule has 33 heavy (non-hydrogen) atoms. The van der Waals surface area contributed by atoms with Gasteiger partial charge in [-0.05, 0) is 48.5 Å². The van der Waals surface area contributed by atoms with Crippen LogP contribution < -0.4 is 10.1 Å². The maximum absolute atomic E-state index is 13.8. The van der Waals surface area contributed by atoms with Crippen LogP contribution in [0.1, 0.15) is 11.6 Å². The van der Waals surface area contributed by atoms with Crippen molar-refractivity contribution in [2.45, 2.75) is 18.3 Å². The normalized spacial score (nSPS) is 10.9. The Hall–Kier alpha value is -3.37. The Kier molecular flexibility index (Phi) is 7.26. The molecule has 4 aromatic rings. The minimum Gasteiger partial charge on any atom is -0.486 e. The molecule has 0 aliphatic carbocycles. The number of thioether (sulfide) groups is 1. The van der Waals surface area contributed by atoms with Crippen molar-refractivity contribution in [1.29, 1.82) is 0 Å². The third kappa shape index (κ3) is 6.11. The van der Waals surface area contributed by atoms with Crippen LogP contribution in [0.15, 0.2) is 70.4 Å². The van der Waals surface area contributed by atoms with Crippen molar-refractivity contribution >= 4 is 35.0 Å². The summed E-state index contributed by atoms with van der Waals surface area (Å²) in [7, 11) is 0. The van der Waals surface area contributed by atoms with E-state index in [2.05, 4.69) is 15.5 Å². The number of nitrogens with one attached hydrogen (secondary N) is 1. The number of rotatable bonds is 9. The number of benzene rings is 2. The lowest BCUT2D eigenvalue weighted by molar-refractivity contribution is -0.113. The molecular weight excluding hydrogens is 474 g/mol. The Morgan fingerprint density at radius 1 is 1.15 bits per heavy atom. The first-order valence-corrected chi connectivity index (χ1v) is 11.0. The molecule has 0 bridgehead atoms. The molecule has 11 heteroatoms. The van der Waals surface area contributed by atoms with Crippen molar-refractivity contribution in [1.82, 2.24) is 14.8 Å². The number of carbonyl (C=O) groups excluding carboxylic acids is 1. The van der Waals surface area contributed by atoms with Gasteiger partial charge in [-0.15, -0.1) is 10.2 Å². The molecule has 0 radical (unpaired) electrons. The molecule has 0 atom stereocenters. The second kappa shape index (κ2) is 10.5. The maximum atomic E-state index is 13.8. The average Bonchev–Trinajstić information content (AvgIpc) is 3.44. The molecule has 170 valence electrons. The van der Waals surface area contributed by atoms with Gasteiger partial charge in [-0.25, -0.2) is 8.78 Å². The number of amides is 1. The van der Waals surface area contributed by atoms with Crippen molar-refractivity contribution < 1.29 is 22.7 Å². The number of furan rings is 1. The zero-order valence-corrected chi connectivity index (χ0v) is 18.6. The fraction of sp³-hybridized carbons (Fsp3) is 0.136. The predicted molar refractivity (Wildman–Crippen MR) is 119 cm³/mol. The van der Waals surface area contributed by atoms with E-state index < -0.39 is 17.5 Å². The third-order valence-electron chi connectivity index (χ3n) is 4.41. The topological polar surface area (TPSA) is 82.2 Å². The quantitative estimate of drug-likeness (QED) is 0.326. The Bertz CT molecular complexity index is 1230. The molecule has 0 saturated carbocycles. The van der Waals surface area contributed by atoms with Gasteiger partial charge in [0.25, 0.3) is 0 Å². The third-order valence-corrected chi connectivity index (χ3v) is 5.63. The van der Waals surface area contributed by atoms with Crippen LogP contribution in [0.2, 0.25) is 5.02 Å². The first-order chi connectivity index (χ1) is 16.0. The molecule has 0 saturated heterocycles. The van der Waals surface area contributed by atoms with E-state index in [1.807, 2.05) is 6.07 Å². The molecule has 0 aliphatic heterocycles. The standard InChI is InChI=1S/C22H17ClF2N4O3S/c23-14-3-6-16(7-4-14)32-12-20-27-28-22(29(20)11-17-2-1-9-31-17)33-13-21(30)26-19-8-5-15(24)10-18(19)25/h1-10H,11-13H2,(H,26,30). The first kappa shape index (κ1) is 22.8. The SMILES string of the molecule is O=C(CSc1nnc(COc2ccc(Cl)cc2)n1Cc1ccco1)Nc1ccc(F)cc1F. The monoisotopic (exact) mass is 490 g/mol. The van der Waals surface area contributed by atoms with Gasteiger partial charge in [0.15, 0.2) is 11.0 Å². The van der Waals surface area contributed by atoms with Crippen LogP contribution in [-0.2, 0) is 17.9 Å². The lowest BCUT2D eigenvalue weighted by atomic mass is 10.3. The van der Waals surface area contributed by atoms with Crippen LogP contribution in [0.3, 0.4) is 0 Å². The molecule has 2 heterocycles. The van der Waals surface area contributed by atoms with Crippen molar-refractivity contribution in [3.05, 3.63) is 89.1 Å². The number of aromatic nitrogens is 3. The molecule has 0 spiro atoms. The number of ether oxygens (including phenoxy) is 1. The largest absolute Gasteiger partial charge is 0.486 e. The van der Waals surface area contributed by atoms with Gasteiger partial charge >= 0.3 is 0 Å². The lowest BCUT2D eigenvalue weighted by Crippen LogP contribution is -2.16. The van der Waals surface area contributed by atoms with Gasteiger partial charge < -0.3 is 14.5 Å². The zero-order valence-electron chi connectivity index (χ0n) is 17.0. The summed E-state index contributed by atoms with van der Waals surface area (Å²) in [6.45, 7) is 0.457. The van der Waals surface area contributed by atoms with Gasteiger partial charge in [0.05, 0.1) is 24.2 Å². The number of hydrogen-bond donors (Lipinski definition) is 1. The molecule has 2 aromatic carbocycles. The van der Waals surface area contributed by atoms with Crippen LogP contribution in [0.25, 0.3) is 0 Å². The van der Waals surface area contributed by atoms with E-state index in [0.29, 0.717) is 40.1 Å². The number of anilines is 1. The second-order valence-electron chi connectivity index (χ2n) is 6.77. The van der Waals surface area contributed by atoms with E-state index in [9.17, 15) is 13.6 Å². The van der Waals surface area contributed by atoms with Gasteiger partial charge in [-0.1, -0.05) is 23.4 Å². The summed E-state index contributed by atoms with van der Waals surface area (Å²) in [5, 5.41) is 11.8. The van der Waals surface area contributed by atoms with Gasteiger partial charge in [0.1, 0.15) is 29.8 Å². The Morgan fingerprint density at radius 2 is 1.97 bits per heavy atom. The predicted octanol–water partition coefficient (Wildman–Crippen LogP) is 5.16. The van der Waals surface area contributed by atoms with E-state index in [1.165, 1.54) is 6.07 Å². The molecule has 0 unspecified atom stereocenters. The Balaban J connectivity index is 1.44. The second-order valence-corrected chi connectivity index (χ2v) is 8.15. The van der Waals surface area contributed by atoms with E-state index >= 15 is 0 Å². The van der Waals surface area contributed by atoms with Crippen LogP contribution in [0, 0.1) is 11.6 Å². The highest BCUT2D eigenvalue weighted by Gasteiger charge is 2.17. The van der Waals surface area contributed by atoms with Crippen molar-refractivity contribution in [2.75, 3.05) is 11.1 Å². The van der Waals surface area contributed by atoms with Gasteiger partial charge in [-0.2, -0.15) is 0 Å². The Morgan fingerprint density at radius 3 is 2.70 bits per heavy atom. The highest BCUT2D eigenvalue weighted by Crippen LogP contribution is 2.22. The maximum Gasteiger partial charge on any atom is 0.234 e. The summed E-state index contributed by atoms with van der Waals surface area (Å²) in [6, 6.07) is 13.4. The average molecular weight is 491 g/mol. The first-order valence-electron chi connectivity index (χ1n) is 9.68.